The number of carbonyl (C=O) groups is 2. The fourth-order valence-electron chi connectivity index (χ4n) is 1.63. The van der Waals surface area contributed by atoms with E-state index in [1.54, 1.807) is 0 Å². The van der Waals surface area contributed by atoms with Crippen LogP contribution >= 0.6 is 0 Å². The number of amides is 2. The van der Waals surface area contributed by atoms with Gasteiger partial charge < -0.3 is 10.2 Å². The molecule has 4 heteroatoms. The SMILES string of the molecule is CC(=O)NC1CN(C(=O)C2CC2)C1. The van der Waals surface area contributed by atoms with Crippen LogP contribution in [0.4, 0.5) is 0 Å². The molecule has 2 amide bonds. The third kappa shape index (κ3) is 1.82. The fourth-order valence-corrected chi connectivity index (χ4v) is 1.63. The first-order valence-electron chi connectivity index (χ1n) is 4.72. The van der Waals surface area contributed by atoms with Crippen LogP contribution in [0.1, 0.15) is 19.8 Å². The van der Waals surface area contributed by atoms with Crippen LogP contribution in [0.2, 0.25) is 0 Å². The third-order valence-corrected chi connectivity index (χ3v) is 2.53. The van der Waals surface area contributed by atoms with Crippen molar-refractivity contribution in [3.63, 3.8) is 0 Å². The summed E-state index contributed by atoms with van der Waals surface area (Å²) in [5, 5.41) is 2.79. The molecule has 1 N–H and O–H groups in total. The van der Waals surface area contributed by atoms with Crippen LogP contribution in [0.25, 0.3) is 0 Å². The second kappa shape index (κ2) is 3.01. The van der Waals surface area contributed by atoms with E-state index in [0.717, 1.165) is 12.8 Å². The lowest BCUT2D eigenvalue weighted by Gasteiger charge is -2.39. The lowest BCUT2D eigenvalue weighted by molar-refractivity contribution is -0.139. The molecule has 0 aromatic rings. The summed E-state index contributed by atoms with van der Waals surface area (Å²) in [6.45, 7) is 2.91. The Bertz CT molecular complexity index is 242. The minimum Gasteiger partial charge on any atom is -0.350 e. The standard InChI is InChI=1S/C9H14N2O2/c1-6(12)10-8-4-11(5-8)9(13)7-2-3-7/h7-8H,2-5H2,1H3,(H,10,12). The van der Waals surface area contributed by atoms with Gasteiger partial charge in [-0.1, -0.05) is 0 Å². The van der Waals surface area contributed by atoms with Crippen LogP contribution < -0.4 is 5.32 Å². The van der Waals surface area contributed by atoms with Crippen molar-refractivity contribution in [1.82, 2.24) is 10.2 Å². The van der Waals surface area contributed by atoms with Crippen LogP contribution in [0.5, 0.6) is 0 Å². The van der Waals surface area contributed by atoms with Crippen molar-refractivity contribution in [2.75, 3.05) is 13.1 Å². The predicted molar refractivity (Wildman–Crippen MR) is 46.9 cm³/mol. The summed E-state index contributed by atoms with van der Waals surface area (Å²) in [5.74, 6) is 0.573. The number of nitrogens with zero attached hydrogens (tertiary/aromatic N) is 1. The molecular formula is C9H14N2O2. The van der Waals surface area contributed by atoms with Gasteiger partial charge in [0, 0.05) is 25.9 Å². The maximum absolute atomic E-state index is 11.4. The second-order valence-electron chi connectivity index (χ2n) is 3.91. The monoisotopic (exact) mass is 182 g/mol. The lowest BCUT2D eigenvalue weighted by atomic mass is 10.1. The van der Waals surface area contributed by atoms with E-state index in [0.29, 0.717) is 19.0 Å². The van der Waals surface area contributed by atoms with Gasteiger partial charge in [0.15, 0.2) is 0 Å². The van der Waals surface area contributed by atoms with Gasteiger partial charge in [-0.25, -0.2) is 0 Å². The van der Waals surface area contributed by atoms with E-state index in [-0.39, 0.29) is 17.9 Å². The first-order chi connectivity index (χ1) is 6.16. The highest BCUT2D eigenvalue weighted by Gasteiger charge is 2.39. The topological polar surface area (TPSA) is 49.4 Å². The molecule has 1 heterocycles. The largest absolute Gasteiger partial charge is 0.350 e. The Hall–Kier alpha value is -1.06. The Morgan fingerprint density at radius 1 is 1.31 bits per heavy atom. The summed E-state index contributed by atoms with van der Waals surface area (Å²) < 4.78 is 0. The first-order valence-corrected chi connectivity index (χ1v) is 4.72. The number of hydrogen-bond donors (Lipinski definition) is 1. The molecule has 72 valence electrons. The summed E-state index contributed by atoms with van der Waals surface area (Å²) in [7, 11) is 0. The molecule has 1 aliphatic heterocycles. The van der Waals surface area contributed by atoms with Crippen molar-refractivity contribution in [3.8, 4) is 0 Å². The summed E-state index contributed by atoms with van der Waals surface area (Å²) in [4.78, 5) is 23.9. The van der Waals surface area contributed by atoms with Gasteiger partial charge in [0.25, 0.3) is 0 Å². The fraction of sp³-hybridized carbons (Fsp3) is 0.778. The normalized spacial score (nSPS) is 22.4. The summed E-state index contributed by atoms with van der Waals surface area (Å²) in [6, 6.07) is 0.195. The van der Waals surface area contributed by atoms with Crippen LogP contribution in [0.3, 0.4) is 0 Å². The molecule has 2 rings (SSSR count). The molecule has 0 aromatic carbocycles. The van der Waals surface area contributed by atoms with Crippen molar-refractivity contribution >= 4 is 11.8 Å². The lowest BCUT2D eigenvalue weighted by Crippen LogP contribution is -2.61. The zero-order valence-corrected chi connectivity index (χ0v) is 7.75. The Kier molecular flexibility index (Phi) is 1.98. The smallest absolute Gasteiger partial charge is 0.225 e. The van der Waals surface area contributed by atoms with E-state index < -0.39 is 0 Å². The van der Waals surface area contributed by atoms with E-state index in [2.05, 4.69) is 5.32 Å². The van der Waals surface area contributed by atoms with Crippen LogP contribution in [0.15, 0.2) is 0 Å². The molecule has 1 aliphatic carbocycles. The Balaban J connectivity index is 1.71. The van der Waals surface area contributed by atoms with Gasteiger partial charge in [-0.3, -0.25) is 9.59 Å². The molecule has 1 saturated carbocycles. The third-order valence-electron chi connectivity index (χ3n) is 2.53. The molecule has 4 nitrogen and oxygen atoms in total. The van der Waals surface area contributed by atoms with E-state index in [4.69, 9.17) is 0 Å². The van der Waals surface area contributed by atoms with Crippen LogP contribution in [-0.2, 0) is 9.59 Å². The minimum atomic E-state index is -0.0106. The van der Waals surface area contributed by atoms with Crippen LogP contribution in [0, 0.1) is 5.92 Å². The number of rotatable bonds is 2. The van der Waals surface area contributed by atoms with Crippen LogP contribution in [-0.4, -0.2) is 35.8 Å². The van der Waals surface area contributed by atoms with Gasteiger partial charge in [0.1, 0.15) is 0 Å². The zero-order chi connectivity index (χ0) is 9.42. The molecule has 0 bridgehead atoms. The van der Waals surface area contributed by atoms with Gasteiger partial charge in [-0.05, 0) is 12.8 Å². The summed E-state index contributed by atoms with van der Waals surface area (Å²) in [5.41, 5.74) is 0. The predicted octanol–water partition coefficient (Wildman–Crippen LogP) is -0.257. The maximum atomic E-state index is 11.4. The zero-order valence-electron chi connectivity index (χ0n) is 7.75. The highest BCUT2D eigenvalue weighted by molar-refractivity contribution is 5.82. The van der Waals surface area contributed by atoms with E-state index in [1.807, 2.05) is 4.90 Å². The molecule has 0 aromatic heterocycles. The van der Waals surface area contributed by atoms with E-state index in [9.17, 15) is 9.59 Å². The average molecular weight is 182 g/mol. The van der Waals surface area contributed by atoms with Gasteiger partial charge in [0.2, 0.25) is 11.8 Å². The molecular weight excluding hydrogens is 168 g/mol. The van der Waals surface area contributed by atoms with Gasteiger partial charge in [-0.15, -0.1) is 0 Å². The molecule has 0 spiro atoms. The van der Waals surface area contributed by atoms with Gasteiger partial charge >= 0.3 is 0 Å². The van der Waals surface area contributed by atoms with Crippen molar-refractivity contribution in [2.24, 2.45) is 5.92 Å². The van der Waals surface area contributed by atoms with Crippen molar-refractivity contribution < 1.29 is 9.59 Å². The Labute approximate surface area is 77.3 Å². The highest BCUT2D eigenvalue weighted by atomic mass is 16.2. The molecule has 0 radical (unpaired) electrons. The quantitative estimate of drug-likeness (QED) is 0.640. The average Bonchev–Trinajstić information content (AvgIpc) is 2.75. The summed E-state index contributed by atoms with van der Waals surface area (Å²) >= 11 is 0. The number of nitrogens with one attached hydrogen (secondary N) is 1. The minimum absolute atomic E-state index is 0.0106. The van der Waals surface area contributed by atoms with Crippen molar-refractivity contribution in [2.45, 2.75) is 25.8 Å². The highest BCUT2D eigenvalue weighted by Crippen LogP contribution is 2.32. The van der Waals surface area contributed by atoms with E-state index >= 15 is 0 Å². The molecule has 2 fully saturated rings. The second-order valence-corrected chi connectivity index (χ2v) is 3.91. The molecule has 2 aliphatic rings. The summed E-state index contributed by atoms with van der Waals surface area (Å²) in [6.07, 6.45) is 2.11. The Morgan fingerprint density at radius 3 is 2.38 bits per heavy atom. The number of hydrogen-bond acceptors (Lipinski definition) is 2. The van der Waals surface area contributed by atoms with Crippen molar-refractivity contribution in [3.05, 3.63) is 0 Å². The van der Waals surface area contributed by atoms with E-state index in [1.165, 1.54) is 6.92 Å². The van der Waals surface area contributed by atoms with Crippen molar-refractivity contribution in [1.29, 1.82) is 0 Å². The Morgan fingerprint density at radius 2 is 1.92 bits per heavy atom. The molecule has 1 saturated heterocycles. The molecule has 0 unspecified atom stereocenters. The van der Waals surface area contributed by atoms with Gasteiger partial charge in [-0.2, -0.15) is 0 Å². The molecule has 0 atom stereocenters. The maximum Gasteiger partial charge on any atom is 0.225 e. The molecule has 13 heavy (non-hydrogen) atoms. The first kappa shape index (κ1) is 8.53. The number of likely N-dealkylation sites (tertiary alicyclic amines) is 1. The number of carbonyl (C=O) groups excluding carboxylic acids is 2. The van der Waals surface area contributed by atoms with Gasteiger partial charge in [0.05, 0.1) is 6.04 Å².